The number of fused-ring (bicyclic) bond motifs is 5. The van der Waals surface area contributed by atoms with Crippen LogP contribution in [0.2, 0.25) is 0 Å². The maximum Gasteiger partial charge on any atom is 0.302 e. The molecule has 0 heterocycles. The van der Waals surface area contributed by atoms with Crippen LogP contribution in [-0.4, -0.2) is 17.9 Å². The predicted molar refractivity (Wildman–Crippen MR) is 134 cm³/mol. The second-order valence-electron chi connectivity index (χ2n) is 13.6. The average Bonchev–Trinajstić information content (AvgIpc) is 3.08. The molecule has 0 aromatic rings. The fourth-order valence-corrected chi connectivity index (χ4v) is 9.49. The van der Waals surface area contributed by atoms with E-state index in [2.05, 4.69) is 41.5 Å². The highest BCUT2D eigenvalue weighted by Crippen LogP contribution is 2.68. The van der Waals surface area contributed by atoms with Gasteiger partial charge in [0.2, 0.25) is 0 Å². The van der Waals surface area contributed by atoms with Gasteiger partial charge in [-0.1, -0.05) is 54.4 Å². The van der Waals surface area contributed by atoms with E-state index in [-0.39, 0.29) is 22.9 Å². The van der Waals surface area contributed by atoms with Crippen molar-refractivity contribution in [1.29, 1.82) is 0 Å². The van der Waals surface area contributed by atoms with E-state index >= 15 is 0 Å². The van der Waals surface area contributed by atoms with Gasteiger partial charge in [-0.25, -0.2) is 0 Å². The van der Waals surface area contributed by atoms with Gasteiger partial charge >= 0.3 is 5.97 Å². The highest BCUT2D eigenvalue weighted by atomic mass is 16.5. The van der Waals surface area contributed by atoms with Crippen LogP contribution in [0.1, 0.15) is 113 Å². The van der Waals surface area contributed by atoms with Crippen molar-refractivity contribution < 1.29 is 14.3 Å². The monoisotopic (exact) mass is 458 g/mol. The maximum atomic E-state index is 12.3. The molecule has 10 unspecified atom stereocenters. The molecule has 0 bridgehead atoms. The summed E-state index contributed by atoms with van der Waals surface area (Å²) in [5.41, 5.74) is 0.421. The fourth-order valence-electron chi connectivity index (χ4n) is 9.49. The number of hydrogen-bond acceptors (Lipinski definition) is 3. The lowest BCUT2D eigenvalue weighted by Crippen LogP contribution is -2.59. The third-order valence-corrected chi connectivity index (χ3v) is 11.7. The van der Waals surface area contributed by atoms with Crippen molar-refractivity contribution in [2.24, 2.45) is 58.2 Å². The highest BCUT2D eigenvalue weighted by Gasteiger charge is 2.64. The van der Waals surface area contributed by atoms with Crippen LogP contribution >= 0.6 is 0 Å². The molecule has 4 saturated carbocycles. The van der Waals surface area contributed by atoms with Crippen LogP contribution in [-0.2, 0) is 14.3 Å². The number of rotatable bonds is 6. The van der Waals surface area contributed by atoms with E-state index < -0.39 is 0 Å². The van der Waals surface area contributed by atoms with Crippen LogP contribution in [0.5, 0.6) is 0 Å². The van der Waals surface area contributed by atoms with E-state index in [0.29, 0.717) is 23.5 Å². The number of hydrogen-bond donors (Lipinski definition) is 0. The van der Waals surface area contributed by atoms with Crippen molar-refractivity contribution in [3.63, 3.8) is 0 Å². The molecule has 188 valence electrons. The molecule has 0 N–H and O–H groups in total. The molecular formula is C30H50O3. The summed E-state index contributed by atoms with van der Waals surface area (Å²) < 4.78 is 6.21. The van der Waals surface area contributed by atoms with Gasteiger partial charge in [0.15, 0.2) is 0 Å². The lowest BCUT2D eigenvalue weighted by molar-refractivity contribution is -0.195. The Morgan fingerprint density at radius 2 is 1.76 bits per heavy atom. The molecule has 0 aromatic heterocycles. The summed E-state index contributed by atoms with van der Waals surface area (Å²) in [7, 11) is 0. The first-order valence-electron chi connectivity index (χ1n) is 14.2. The largest absolute Gasteiger partial charge is 0.462 e. The minimum atomic E-state index is -0.119. The number of carbonyl (C=O) groups excluding carboxylic acids is 2. The van der Waals surface area contributed by atoms with E-state index in [1.165, 1.54) is 38.5 Å². The second-order valence-corrected chi connectivity index (χ2v) is 13.6. The molecule has 4 rings (SSSR count). The van der Waals surface area contributed by atoms with Gasteiger partial charge in [-0.05, 0) is 90.8 Å². The molecule has 4 aliphatic rings. The zero-order valence-corrected chi connectivity index (χ0v) is 22.5. The summed E-state index contributed by atoms with van der Waals surface area (Å²) in [4.78, 5) is 24.6. The van der Waals surface area contributed by atoms with E-state index in [1.807, 2.05) is 0 Å². The van der Waals surface area contributed by atoms with Crippen LogP contribution in [0, 0.1) is 58.2 Å². The predicted octanol–water partition coefficient (Wildman–Crippen LogP) is 7.46. The zero-order valence-electron chi connectivity index (χ0n) is 22.5. The van der Waals surface area contributed by atoms with Gasteiger partial charge < -0.3 is 4.74 Å². The number of esters is 1. The third kappa shape index (κ3) is 4.44. The topological polar surface area (TPSA) is 43.4 Å². The van der Waals surface area contributed by atoms with Gasteiger partial charge in [-0.3, -0.25) is 9.59 Å². The Morgan fingerprint density at radius 1 is 1.03 bits per heavy atom. The highest BCUT2D eigenvalue weighted by molar-refractivity contribution is 5.79. The molecule has 4 aliphatic carbocycles. The van der Waals surface area contributed by atoms with Gasteiger partial charge in [0.05, 0.1) is 0 Å². The standard InChI is InChI=1S/C30H50O3/c1-18(2)19(3)8-9-20(4)25-12-13-26-24-11-10-22-16-23(32)14-15-29(22,6)28(24)27(33-21(5)31)17-30(25,26)7/h18-20,22,24-28H,8-17H2,1-7H3. The van der Waals surface area contributed by atoms with Gasteiger partial charge in [-0.2, -0.15) is 0 Å². The zero-order chi connectivity index (χ0) is 24.1. The number of ether oxygens (including phenoxy) is 1. The van der Waals surface area contributed by atoms with Crippen molar-refractivity contribution in [3.05, 3.63) is 0 Å². The lowest BCUT2D eigenvalue weighted by atomic mass is 9.43. The minimum Gasteiger partial charge on any atom is -0.462 e. The normalized spacial score (nSPS) is 44.5. The number of ketones is 1. The Kier molecular flexibility index (Phi) is 7.12. The third-order valence-electron chi connectivity index (χ3n) is 11.7. The molecule has 3 nitrogen and oxygen atoms in total. The minimum absolute atomic E-state index is 0.0251. The van der Waals surface area contributed by atoms with Gasteiger partial charge in [0, 0.05) is 25.7 Å². The molecule has 0 amide bonds. The molecule has 0 aromatic carbocycles. The van der Waals surface area contributed by atoms with Crippen molar-refractivity contribution in [3.8, 4) is 0 Å². The molecular weight excluding hydrogens is 408 g/mol. The van der Waals surface area contributed by atoms with Gasteiger partial charge in [0.1, 0.15) is 11.9 Å². The van der Waals surface area contributed by atoms with E-state index in [0.717, 1.165) is 55.3 Å². The number of Topliss-reactive ketones (excluding diaryl/α,β-unsaturated/α-hetero) is 1. The van der Waals surface area contributed by atoms with E-state index in [9.17, 15) is 9.59 Å². The molecule has 3 heteroatoms. The van der Waals surface area contributed by atoms with Crippen LogP contribution in [0.15, 0.2) is 0 Å². The van der Waals surface area contributed by atoms with Gasteiger partial charge in [-0.15, -0.1) is 0 Å². The summed E-state index contributed by atoms with van der Waals surface area (Å²) in [5.74, 6) is 5.65. The SMILES string of the molecule is CC(=O)OC1CC2(C)C(C(C)CCC(C)C(C)C)CCC2C2CCC3CC(=O)CCC3(C)C12. The Hall–Kier alpha value is -0.860. The molecule has 0 saturated heterocycles. The molecule has 33 heavy (non-hydrogen) atoms. The first-order chi connectivity index (χ1) is 15.5. The molecule has 0 spiro atoms. The van der Waals surface area contributed by atoms with Crippen LogP contribution in [0.25, 0.3) is 0 Å². The summed E-state index contributed by atoms with van der Waals surface area (Å²) in [6.07, 6.45) is 11.3. The summed E-state index contributed by atoms with van der Waals surface area (Å²) in [6, 6.07) is 0. The smallest absolute Gasteiger partial charge is 0.302 e. The Labute approximate surface area is 203 Å². The Bertz CT molecular complexity index is 743. The molecule has 4 fully saturated rings. The Balaban J connectivity index is 1.59. The van der Waals surface area contributed by atoms with E-state index in [1.54, 1.807) is 6.92 Å². The fraction of sp³-hybridized carbons (Fsp3) is 0.933. The number of carbonyl (C=O) groups is 2. The summed E-state index contributed by atoms with van der Waals surface area (Å²) in [5, 5.41) is 0. The first-order valence-corrected chi connectivity index (χ1v) is 14.2. The van der Waals surface area contributed by atoms with Crippen LogP contribution in [0.4, 0.5) is 0 Å². The molecule has 0 aliphatic heterocycles. The molecule has 0 radical (unpaired) electrons. The molecule has 10 atom stereocenters. The summed E-state index contributed by atoms with van der Waals surface area (Å²) >= 11 is 0. The Morgan fingerprint density at radius 3 is 2.42 bits per heavy atom. The lowest BCUT2D eigenvalue weighted by Gasteiger charge is -2.62. The van der Waals surface area contributed by atoms with Crippen molar-refractivity contribution in [1.82, 2.24) is 0 Å². The van der Waals surface area contributed by atoms with Gasteiger partial charge in [0.25, 0.3) is 0 Å². The van der Waals surface area contributed by atoms with Crippen LogP contribution < -0.4 is 0 Å². The quantitative estimate of drug-likeness (QED) is 0.388. The second kappa shape index (κ2) is 9.30. The average molecular weight is 459 g/mol. The van der Waals surface area contributed by atoms with Crippen molar-refractivity contribution >= 4 is 11.8 Å². The van der Waals surface area contributed by atoms with Crippen molar-refractivity contribution in [2.75, 3.05) is 0 Å². The maximum absolute atomic E-state index is 12.3. The summed E-state index contributed by atoms with van der Waals surface area (Å²) in [6.45, 7) is 16.2. The van der Waals surface area contributed by atoms with Crippen molar-refractivity contribution in [2.45, 2.75) is 119 Å². The van der Waals surface area contributed by atoms with E-state index in [4.69, 9.17) is 4.74 Å². The first kappa shape index (κ1) is 25.2. The van der Waals surface area contributed by atoms with Crippen LogP contribution in [0.3, 0.4) is 0 Å².